The molecule has 0 saturated heterocycles. The lowest BCUT2D eigenvalue weighted by molar-refractivity contribution is -0.114. The van der Waals surface area contributed by atoms with E-state index in [9.17, 15) is 9.59 Å². The first-order valence-corrected chi connectivity index (χ1v) is 6.33. The fraction of sp³-hybridized carbons (Fsp3) is 0.231. The van der Waals surface area contributed by atoms with Crippen molar-refractivity contribution in [3.63, 3.8) is 0 Å². The van der Waals surface area contributed by atoms with Gasteiger partial charge in [-0.1, -0.05) is 36.9 Å². The Bertz CT molecular complexity index is 424. The molecule has 3 nitrogen and oxygen atoms in total. The van der Waals surface area contributed by atoms with E-state index in [4.69, 9.17) is 0 Å². The average Bonchev–Trinajstić information content (AvgIpc) is 2.28. The molecule has 0 heterocycles. The Kier molecular flexibility index (Phi) is 5.49. The highest BCUT2D eigenvalue weighted by molar-refractivity contribution is 8.14. The summed E-state index contributed by atoms with van der Waals surface area (Å²) in [6, 6.07) is 7.31. The van der Waals surface area contributed by atoms with E-state index in [1.807, 2.05) is 19.1 Å². The Labute approximate surface area is 105 Å². The largest absolute Gasteiger partial charge is 0.326 e. The minimum absolute atomic E-state index is 0.0541. The second-order valence-electron chi connectivity index (χ2n) is 3.39. The molecule has 1 amide bonds. The molecule has 0 spiro atoms. The van der Waals surface area contributed by atoms with E-state index in [0.717, 1.165) is 17.0 Å². The van der Waals surface area contributed by atoms with Crippen molar-refractivity contribution in [2.45, 2.75) is 13.8 Å². The van der Waals surface area contributed by atoms with E-state index in [-0.39, 0.29) is 11.0 Å². The highest BCUT2D eigenvalue weighted by Gasteiger charge is 1.96. The Morgan fingerprint density at radius 3 is 2.47 bits per heavy atom. The van der Waals surface area contributed by atoms with Crippen molar-refractivity contribution in [2.75, 3.05) is 11.1 Å². The van der Waals surface area contributed by atoms with Gasteiger partial charge in [0.05, 0.1) is 0 Å². The van der Waals surface area contributed by atoms with Crippen LogP contribution >= 0.6 is 11.8 Å². The fourth-order valence-electron chi connectivity index (χ4n) is 1.24. The molecule has 0 radical (unpaired) electrons. The predicted molar refractivity (Wildman–Crippen MR) is 72.9 cm³/mol. The molecule has 17 heavy (non-hydrogen) atoms. The Balaban J connectivity index is 2.62. The monoisotopic (exact) mass is 249 g/mol. The molecule has 0 aliphatic heterocycles. The summed E-state index contributed by atoms with van der Waals surface area (Å²) in [6.07, 6.45) is 3.32. The van der Waals surface area contributed by atoms with Gasteiger partial charge >= 0.3 is 0 Å². The third kappa shape index (κ3) is 5.36. The zero-order valence-electron chi connectivity index (χ0n) is 9.90. The van der Waals surface area contributed by atoms with Crippen LogP contribution < -0.4 is 5.32 Å². The van der Waals surface area contributed by atoms with Gasteiger partial charge < -0.3 is 5.32 Å². The normalized spacial score (nSPS) is 10.5. The van der Waals surface area contributed by atoms with Crippen molar-refractivity contribution >= 4 is 34.5 Å². The van der Waals surface area contributed by atoms with Crippen LogP contribution in [0.1, 0.15) is 19.4 Å². The molecule has 1 aromatic carbocycles. The van der Waals surface area contributed by atoms with Crippen molar-refractivity contribution in [3.8, 4) is 0 Å². The number of carbonyl (C=O) groups excluding carboxylic acids is 2. The van der Waals surface area contributed by atoms with Crippen LogP contribution in [0, 0.1) is 0 Å². The number of benzene rings is 1. The lowest BCUT2D eigenvalue weighted by Gasteiger charge is -2.01. The highest BCUT2D eigenvalue weighted by Crippen LogP contribution is 2.11. The first kappa shape index (κ1) is 13.5. The van der Waals surface area contributed by atoms with Crippen LogP contribution in [0.15, 0.2) is 30.3 Å². The topological polar surface area (TPSA) is 46.2 Å². The van der Waals surface area contributed by atoms with Crippen LogP contribution in [0.25, 0.3) is 6.08 Å². The van der Waals surface area contributed by atoms with E-state index < -0.39 is 0 Å². The first-order valence-electron chi connectivity index (χ1n) is 5.34. The lowest BCUT2D eigenvalue weighted by atomic mass is 10.2. The summed E-state index contributed by atoms with van der Waals surface area (Å²) in [5.74, 6) is 0.688. The molecule has 0 fully saturated rings. The van der Waals surface area contributed by atoms with Crippen LogP contribution in [0.2, 0.25) is 0 Å². The number of hydrogen-bond donors (Lipinski definition) is 1. The zero-order valence-corrected chi connectivity index (χ0v) is 10.7. The smallest absolute Gasteiger partial charge is 0.221 e. The summed E-state index contributed by atoms with van der Waals surface area (Å²) in [5, 5.41) is 2.74. The second kappa shape index (κ2) is 6.91. The summed E-state index contributed by atoms with van der Waals surface area (Å²) >= 11 is 1.28. The third-order valence-corrected chi connectivity index (χ3v) is 2.64. The van der Waals surface area contributed by atoms with Crippen molar-refractivity contribution in [1.82, 2.24) is 0 Å². The van der Waals surface area contributed by atoms with E-state index in [0.29, 0.717) is 0 Å². The van der Waals surface area contributed by atoms with Crippen molar-refractivity contribution in [3.05, 3.63) is 35.9 Å². The standard InChI is InChI=1S/C13H15NO2S/c1-3-17-13(16)9-6-11-4-7-12(8-5-11)14-10(2)15/h4-9H,3H2,1-2H3,(H,14,15)/b9-6+. The third-order valence-electron chi connectivity index (χ3n) is 1.93. The van der Waals surface area contributed by atoms with Gasteiger partial charge in [-0.15, -0.1) is 0 Å². The number of amides is 1. The molecule has 1 rings (SSSR count). The number of rotatable bonds is 4. The van der Waals surface area contributed by atoms with Gasteiger partial charge in [-0.25, -0.2) is 0 Å². The van der Waals surface area contributed by atoms with Gasteiger partial charge in [0.1, 0.15) is 0 Å². The van der Waals surface area contributed by atoms with E-state index in [1.54, 1.807) is 24.3 Å². The summed E-state index contributed by atoms with van der Waals surface area (Å²) in [5.41, 5.74) is 1.69. The maximum absolute atomic E-state index is 11.2. The van der Waals surface area contributed by atoms with Crippen LogP contribution in [0.4, 0.5) is 5.69 Å². The summed E-state index contributed by atoms with van der Waals surface area (Å²) in [7, 11) is 0. The minimum atomic E-state index is -0.0946. The number of carbonyl (C=O) groups is 2. The van der Waals surface area contributed by atoms with Gasteiger partial charge in [0.25, 0.3) is 0 Å². The summed E-state index contributed by atoms with van der Waals surface area (Å²) in [6.45, 7) is 3.41. The number of thioether (sulfide) groups is 1. The van der Waals surface area contributed by atoms with Crippen LogP contribution in [-0.4, -0.2) is 16.8 Å². The lowest BCUT2D eigenvalue weighted by Crippen LogP contribution is -2.05. The maximum Gasteiger partial charge on any atom is 0.221 e. The molecule has 90 valence electrons. The molecule has 0 atom stereocenters. The SMILES string of the molecule is CCSC(=O)/C=C/c1ccc(NC(C)=O)cc1. The molecule has 0 bridgehead atoms. The quantitative estimate of drug-likeness (QED) is 0.834. The highest BCUT2D eigenvalue weighted by atomic mass is 32.2. The summed E-state index contributed by atoms with van der Waals surface area (Å²) in [4.78, 5) is 22.1. The number of nitrogens with one attached hydrogen (secondary N) is 1. The molecule has 1 aromatic rings. The van der Waals surface area contributed by atoms with Gasteiger partial charge in [-0.05, 0) is 29.5 Å². The molecular formula is C13H15NO2S. The average molecular weight is 249 g/mol. The molecule has 4 heteroatoms. The molecule has 0 aliphatic carbocycles. The second-order valence-corrected chi connectivity index (χ2v) is 4.66. The molecule has 0 saturated carbocycles. The molecule has 0 aliphatic rings. The zero-order chi connectivity index (χ0) is 12.7. The van der Waals surface area contributed by atoms with Crippen LogP contribution in [0.3, 0.4) is 0 Å². The van der Waals surface area contributed by atoms with Crippen LogP contribution in [-0.2, 0) is 9.59 Å². The van der Waals surface area contributed by atoms with E-state index in [1.165, 1.54) is 18.7 Å². The summed E-state index contributed by atoms with van der Waals surface area (Å²) < 4.78 is 0. The Morgan fingerprint density at radius 2 is 1.94 bits per heavy atom. The van der Waals surface area contributed by atoms with Crippen molar-refractivity contribution < 1.29 is 9.59 Å². The number of anilines is 1. The van der Waals surface area contributed by atoms with Gasteiger partial charge in [-0.2, -0.15) is 0 Å². The maximum atomic E-state index is 11.2. The first-order chi connectivity index (χ1) is 8.11. The fourth-order valence-corrected chi connectivity index (χ4v) is 1.68. The van der Waals surface area contributed by atoms with Crippen molar-refractivity contribution in [2.24, 2.45) is 0 Å². The minimum Gasteiger partial charge on any atom is -0.326 e. The predicted octanol–water partition coefficient (Wildman–Crippen LogP) is 2.94. The Hall–Kier alpha value is -1.55. The molecule has 0 aromatic heterocycles. The number of hydrogen-bond acceptors (Lipinski definition) is 3. The Morgan fingerprint density at radius 1 is 1.29 bits per heavy atom. The van der Waals surface area contributed by atoms with Crippen molar-refractivity contribution in [1.29, 1.82) is 0 Å². The van der Waals surface area contributed by atoms with E-state index in [2.05, 4.69) is 5.32 Å². The molecule has 1 N–H and O–H groups in total. The van der Waals surface area contributed by atoms with Crippen LogP contribution in [0.5, 0.6) is 0 Å². The molecule has 0 unspecified atom stereocenters. The van der Waals surface area contributed by atoms with Gasteiger partial charge in [0.15, 0.2) is 0 Å². The van der Waals surface area contributed by atoms with E-state index >= 15 is 0 Å². The van der Waals surface area contributed by atoms with Gasteiger partial charge in [-0.3, -0.25) is 9.59 Å². The molecular weight excluding hydrogens is 234 g/mol. The van der Waals surface area contributed by atoms with Gasteiger partial charge in [0, 0.05) is 12.6 Å². The van der Waals surface area contributed by atoms with Gasteiger partial charge in [0.2, 0.25) is 11.0 Å².